The van der Waals surface area contributed by atoms with Gasteiger partial charge in [0.2, 0.25) is 0 Å². The average Bonchev–Trinajstić information content (AvgIpc) is 3.75. The zero-order valence-electron chi connectivity index (χ0n) is 26.5. The third-order valence-corrected chi connectivity index (χ3v) is 10.8. The van der Waals surface area contributed by atoms with Crippen molar-refractivity contribution in [3.63, 3.8) is 0 Å². The number of rotatable bonds is 5. The van der Waals surface area contributed by atoms with Crippen molar-refractivity contribution in [2.45, 2.75) is 0 Å². The number of anilines is 3. The van der Waals surface area contributed by atoms with Gasteiger partial charge in [-0.05, 0) is 93.7 Å². The summed E-state index contributed by atoms with van der Waals surface area (Å²) in [7, 11) is 0. The average molecular weight is 644 g/mol. The minimum atomic E-state index is 0.902. The first-order valence-corrected chi connectivity index (χ1v) is 17.4. The number of benzene rings is 8. The highest BCUT2D eigenvalue weighted by Gasteiger charge is 2.18. The summed E-state index contributed by atoms with van der Waals surface area (Å²) in [5.74, 6) is 0. The van der Waals surface area contributed by atoms with Crippen LogP contribution in [0, 0.1) is 0 Å². The van der Waals surface area contributed by atoms with E-state index in [9.17, 15) is 0 Å². The quantitative estimate of drug-likeness (QED) is 0.186. The van der Waals surface area contributed by atoms with Crippen LogP contribution >= 0.6 is 11.3 Å². The lowest BCUT2D eigenvalue weighted by Crippen LogP contribution is -2.10. The molecule has 2 heterocycles. The Morgan fingerprint density at radius 2 is 1.06 bits per heavy atom. The molecular formula is C46H29NOS. The van der Waals surface area contributed by atoms with E-state index in [1.165, 1.54) is 42.1 Å². The molecule has 0 fully saturated rings. The number of furan rings is 1. The smallest absolute Gasteiger partial charge is 0.136 e. The lowest BCUT2D eigenvalue weighted by molar-refractivity contribution is 0.669. The fourth-order valence-corrected chi connectivity index (χ4v) is 8.50. The Morgan fingerprint density at radius 3 is 1.96 bits per heavy atom. The molecule has 0 atom stereocenters. The highest BCUT2D eigenvalue weighted by Crippen LogP contribution is 2.44. The van der Waals surface area contributed by atoms with Crippen molar-refractivity contribution in [2.24, 2.45) is 0 Å². The Morgan fingerprint density at radius 1 is 0.388 bits per heavy atom. The molecule has 10 rings (SSSR count). The molecule has 2 aromatic heterocycles. The van der Waals surface area contributed by atoms with Crippen LogP contribution in [-0.4, -0.2) is 0 Å². The van der Waals surface area contributed by atoms with Crippen LogP contribution in [0.25, 0.3) is 75.1 Å². The summed E-state index contributed by atoms with van der Waals surface area (Å²) in [4.78, 5) is 2.39. The van der Waals surface area contributed by atoms with Crippen LogP contribution in [0.3, 0.4) is 0 Å². The summed E-state index contributed by atoms with van der Waals surface area (Å²) in [6.07, 6.45) is 0. The van der Waals surface area contributed by atoms with Crippen molar-refractivity contribution in [1.29, 1.82) is 0 Å². The van der Waals surface area contributed by atoms with Gasteiger partial charge in [0.15, 0.2) is 0 Å². The van der Waals surface area contributed by atoms with E-state index in [1.54, 1.807) is 0 Å². The van der Waals surface area contributed by atoms with Crippen molar-refractivity contribution >= 4 is 81.3 Å². The van der Waals surface area contributed by atoms with E-state index in [4.69, 9.17) is 4.42 Å². The first-order chi connectivity index (χ1) is 24.3. The molecule has 0 aliphatic rings. The molecule has 0 N–H and O–H groups in total. The molecular weight excluding hydrogens is 615 g/mol. The lowest BCUT2D eigenvalue weighted by Gasteiger charge is -2.27. The van der Waals surface area contributed by atoms with Crippen LogP contribution in [0.4, 0.5) is 17.1 Å². The fourth-order valence-electron chi connectivity index (χ4n) is 7.38. The van der Waals surface area contributed by atoms with Gasteiger partial charge < -0.3 is 9.32 Å². The molecule has 49 heavy (non-hydrogen) atoms. The van der Waals surface area contributed by atoms with E-state index in [0.717, 1.165) is 50.1 Å². The van der Waals surface area contributed by atoms with E-state index in [1.807, 2.05) is 23.5 Å². The second-order valence-corrected chi connectivity index (χ2v) is 13.6. The fraction of sp³-hybridized carbons (Fsp3) is 0. The number of para-hydroxylation sites is 1. The molecule has 0 amide bonds. The van der Waals surface area contributed by atoms with Gasteiger partial charge in [0, 0.05) is 48.0 Å². The predicted octanol–water partition coefficient (Wildman–Crippen LogP) is 13.9. The van der Waals surface area contributed by atoms with Gasteiger partial charge in [-0.15, -0.1) is 11.3 Å². The Labute approximate surface area is 287 Å². The van der Waals surface area contributed by atoms with E-state index in [2.05, 4.69) is 169 Å². The molecule has 0 bridgehead atoms. The Hall–Kier alpha value is -6.16. The number of hydrogen-bond acceptors (Lipinski definition) is 3. The maximum atomic E-state index is 6.27. The number of fused-ring (bicyclic) bond motifs is 8. The molecule has 0 aliphatic heterocycles. The van der Waals surface area contributed by atoms with Crippen LogP contribution in [0.5, 0.6) is 0 Å². The van der Waals surface area contributed by atoms with Crippen molar-refractivity contribution in [1.82, 2.24) is 0 Å². The second-order valence-electron chi connectivity index (χ2n) is 12.5. The molecule has 0 saturated heterocycles. The molecule has 10 aromatic rings. The predicted molar refractivity (Wildman–Crippen MR) is 210 cm³/mol. The van der Waals surface area contributed by atoms with Crippen molar-refractivity contribution in [3.05, 3.63) is 176 Å². The van der Waals surface area contributed by atoms with Gasteiger partial charge in [0.1, 0.15) is 11.2 Å². The molecule has 0 spiro atoms. The summed E-state index contributed by atoms with van der Waals surface area (Å²) in [6, 6.07) is 63.3. The second kappa shape index (κ2) is 11.2. The molecule has 2 nitrogen and oxygen atoms in total. The Bertz CT molecular complexity index is 2830. The van der Waals surface area contributed by atoms with Gasteiger partial charge in [0.05, 0.1) is 0 Å². The maximum Gasteiger partial charge on any atom is 0.136 e. The van der Waals surface area contributed by atoms with Crippen LogP contribution in [0.2, 0.25) is 0 Å². The maximum absolute atomic E-state index is 6.27. The van der Waals surface area contributed by atoms with Gasteiger partial charge >= 0.3 is 0 Å². The Balaban J connectivity index is 1.18. The van der Waals surface area contributed by atoms with E-state index in [0.29, 0.717) is 0 Å². The van der Waals surface area contributed by atoms with Crippen LogP contribution < -0.4 is 4.90 Å². The zero-order chi connectivity index (χ0) is 32.3. The number of thiophene rings is 1. The molecule has 0 aliphatic carbocycles. The van der Waals surface area contributed by atoms with Gasteiger partial charge in [0.25, 0.3) is 0 Å². The summed E-state index contributed by atoms with van der Waals surface area (Å²) in [5.41, 5.74) is 9.83. The van der Waals surface area contributed by atoms with E-state index < -0.39 is 0 Å². The van der Waals surface area contributed by atoms with Gasteiger partial charge in [-0.25, -0.2) is 0 Å². The molecule has 8 aromatic carbocycles. The Kier molecular flexibility index (Phi) is 6.39. The first-order valence-electron chi connectivity index (χ1n) is 16.6. The molecule has 0 unspecified atom stereocenters. The molecule has 230 valence electrons. The minimum absolute atomic E-state index is 0.902. The third-order valence-electron chi connectivity index (χ3n) is 9.65. The van der Waals surface area contributed by atoms with Crippen molar-refractivity contribution in [3.8, 4) is 22.3 Å². The van der Waals surface area contributed by atoms with Gasteiger partial charge in [-0.2, -0.15) is 0 Å². The van der Waals surface area contributed by atoms with Crippen molar-refractivity contribution in [2.75, 3.05) is 4.90 Å². The van der Waals surface area contributed by atoms with E-state index >= 15 is 0 Å². The SMILES string of the molecule is c1ccc(-c2ccc(N(c3cccc(-c4cccc5oc6ccccc6c45)c3)c3ccc4ccc5sc6ccccc6c5c4c3)cc2)cc1. The summed E-state index contributed by atoms with van der Waals surface area (Å²) < 4.78 is 8.90. The lowest BCUT2D eigenvalue weighted by atomic mass is 9.98. The summed E-state index contributed by atoms with van der Waals surface area (Å²) in [6.45, 7) is 0. The standard InChI is InChI=1S/C46H29NOS/c1-2-10-30(11-3-1)31-20-24-34(25-21-31)47(36-26-22-32-23-27-44-46(40(32)29-36)39-15-5-7-19-43(39)49-44)35-13-8-12-33(28-35)37-16-9-18-42-45(37)38-14-4-6-17-41(38)48-42/h1-29H. The largest absolute Gasteiger partial charge is 0.456 e. The van der Waals surface area contributed by atoms with E-state index in [-0.39, 0.29) is 0 Å². The number of hydrogen-bond donors (Lipinski definition) is 0. The van der Waals surface area contributed by atoms with Crippen molar-refractivity contribution < 1.29 is 4.42 Å². The normalized spacial score (nSPS) is 11.7. The third kappa shape index (κ3) is 4.62. The zero-order valence-corrected chi connectivity index (χ0v) is 27.3. The highest BCUT2D eigenvalue weighted by molar-refractivity contribution is 7.26. The highest BCUT2D eigenvalue weighted by atomic mass is 32.1. The van der Waals surface area contributed by atoms with Crippen LogP contribution in [0.15, 0.2) is 180 Å². The van der Waals surface area contributed by atoms with Crippen LogP contribution in [-0.2, 0) is 0 Å². The topological polar surface area (TPSA) is 16.4 Å². The molecule has 0 saturated carbocycles. The molecule has 0 radical (unpaired) electrons. The first kappa shape index (κ1) is 27.9. The van der Waals surface area contributed by atoms with Crippen LogP contribution in [0.1, 0.15) is 0 Å². The monoisotopic (exact) mass is 643 g/mol. The summed E-state index contributed by atoms with van der Waals surface area (Å²) >= 11 is 1.86. The summed E-state index contributed by atoms with van der Waals surface area (Å²) in [5, 5.41) is 7.42. The van der Waals surface area contributed by atoms with Gasteiger partial charge in [-0.1, -0.05) is 115 Å². The number of nitrogens with zero attached hydrogens (tertiary/aromatic N) is 1. The molecule has 3 heteroatoms. The minimum Gasteiger partial charge on any atom is -0.456 e. The van der Waals surface area contributed by atoms with Gasteiger partial charge in [-0.3, -0.25) is 0 Å².